The average Bonchev–Trinajstić information content (AvgIpc) is 3.45. The molecule has 0 radical (unpaired) electrons. The fourth-order valence-corrected chi connectivity index (χ4v) is 4.60. The molecule has 2 aliphatic heterocycles. The lowest BCUT2D eigenvalue weighted by Gasteiger charge is -2.46. The molecule has 0 saturated carbocycles. The molecule has 5 rings (SSSR count). The van der Waals surface area contributed by atoms with Crippen molar-refractivity contribution in [3.63, 3.8) is 0 Å². The van der Waals surface area contributed by atoms with Crippen LogP contribution in [0.3, 0.4) is 0 Å². The van der Waals surface area contributed by atoms with Gasteiger partial charge in [0.2, 0.25) is 0 Å². The van der Waals surface area contributed by atoms with Gasteiger partial charge in [-0.05, 0) is 49.7 Å². The number of nitrogens with zero attached hydrogens (tertiary/aromatic N) is 4. The van der Waals surface area contributed by atoms with Crippen LogP contribution in [0, 0.1) is 6.92 Å². The highest BCUT2D eigenvalue weighted by Crippen LogP contribution is 2.47. The highest BCUT2D eigenvalue weighted by molar-refractivity contribution is 5.92. The number of hydrogen-bond donors (Lipinski definition) is 0. The van der Waals surface area contributed by atoms with Gasteiger partial charge >= 0.3 is 0 Å². The largest absolute Gasteiger partial charge is 0.456 e. The van der Waals surface area contributed by atoms with Gasteiger partial charge in [-0.25, -0.2) is 4.98 Å². The molecule has 1 saturated heterocycles. The fraction of sp³-hybridized carbons (Fsp3) is 0.273. The summed E-state index contributed by atoms with van der Waals surface area (Å²) in [7, 11) is 0. The van der Waals surface area contributed by atoms with Gasteiger partial charge in [0.15, 0.2) is 11.6 Å². The number of furan rings is 1. The summed E-state index contributed by atoms with van der Waals surface area (Å²) >= 11 is 0. The van der Waals surface area contributed by atoms with E-state index in [1.54, 1.807) is 6.07 Å². The van der Waals surface area contributed by atoms with E-state index in [9.17, 15) is 4.79 Å². The lowest BCUT2D eigenvalue weighted by Crippen LogP contribution is -2.52. The molecule has 142 valence electrons. The molecular formula is C22H22N4O2. The van der Waals surface area contributed by atoms with E-state index in [4.69, 9.17) is 4.42 Å². The number of anilines is 1. The molecule has 6 nitrogen and oxygen atoms in total. The van der Waals surface area contributed by atoms with E-state index in [2.05, 4.69) is 39.4 Å². The van der Waals surface area contributed by atoms with Gasteiger partial charge in [-0.15, -0.1) is 6.58 Å². The molecule has 1 spiro atoms. The standard InChI is InChI=1S/C22H22N4O2/c1-3-12-26-17-6-4-11-23-20(17)25-13-5-7-19(25)22(26)10-14-24(15-22)21(27)18-9-8-16(2)28-18/h3-9,11,13H,1,10,12,14-15H2,2H3/t22-/m0/s1. The maximum atomic E-state index is 13.0. The summed E-state index contributed by atoms with van der Waals surface area (Å²) in [5.74, 6) is 2.01. The molecule has 2 aliphatic rings. The lowest BCUT2D eigenvalue weighted by atomic mass is 9.89. The van der Waals surface area contributed by atoms with E-state index < -0.39 is 0 Å². The Morgan fingerprint density at radius 1 is 1.32 bits per heavy atom. The first-order valence-corrected chi connectivity index (χ1v) is 9.51. The van der Waals surface area contributed by atoms with Crippen LogP contribution in [0.15, 0.2) is 65.9 Å². The number of fused-ring (bicyclic) bond motifs is 4. The van der Waals surface area contributed by atoms with Crippen LogP contribution in [0.5, 0.6) is 0 Å². The molecule has 0 bridgehead atoms. The van der Waals surface area contributed by atoms with Gasteiger partial charge in [0.05, 0.1) is 17.9 Å². The van der Waals surface area contributed by atoms with E-state index in [0.29, 0.717) is 25.4 Å². The van der Waals surface area contributed by atoms with Crippen LogP contribution in [0.1, 0.15) is 28.4 Å². The van der Waals surface area contributed by atoms with Crippen LogP contribution in [0.2, 0.25) is 0 Å². The van der Waals surface area contributed by atoms with Crippen molar-refractivity contribution in [2.24, 2.45) is 0 Å². The van der Waals surface area contributed by atoms with Crippen molar-refractivity contribution < 1.29 is 9.21 Å². The Kier molecular flexibility index (Phi) is 3.69. The van der Waals surface area contributed by atoms with Gasteiger partial charge in [0, 0.05) is 25.5 Å². The van der Waals surface area contributed by atoms with Crippen LogP contribution in [-0.2, 0) is 5.54 Å². The smallest absolute Gasteiger partial charge is 0.289 e. The number of carbonyl (C=O) groups is 1. The van der Waals surface area contributed by atoms with Crippen LogP contribution in [-0.4, -0.2) is 40.0 Å². The van der Waals surface area contributed by atoms with Gasteiger partial charge in [-0.2, -0.15) is 0 Å². The van der Waals surface area contributed by atoms with Crippen LogP contribution in [0.25, 0.3) is 5.82 Å². The van der Waals surface area contributed by atoms with Gasteiger partial charge in [-0.3, -0.25) is 4.79 Å². The number of aryl methyl sites for hydroxylation is 1. The first-order valence-electron chi connectivity index (χ1n) is 9.51. The Labute approximate surface area is 163 Å². The summed E-state index contributed by atoms with van der Waals surface area (Å²) in [4.78, 5) is 21.9. The Balaban J connectivity index is 1.59. The Bertz CT molecular complexity index is 1070. The zero-order chi connectivity index (χ0) is 19.3. The third-order valence-electron chi connectivity index (χ3n) is 5.83. The SMILES string of the molecule is C=CCN1c2cccnc2-n2cccc2[C@@]12CCN(C(=O)c1ccc(C)o1)C2. The van der Waals surface area contributed by atoms with Crippen LogP contribution in [0.4, 0.5) is 5.69 Å². The molecule has 1 fully saturated rings. The first-order chi connectivity index (χ1) is 13.6. The molecule has 1 amide bonds. The van der Waals surface area contributed by atoms with Crippen molar-refractivity contribution in [2.45, 2.75) is 18.9 Å². The second-order valence-electron chi connectivity index (χ2n) is 7.43. The number of hydrogen-bond acceptors (Lipinski definition) is 4. The van der Waals surface area contributed by atoms with Gasteiger partial charge < -0.3 is 18.8 Å². The number of likely N-dealkylation sites (tertiary alicyclic amines) is 1. The minimum atomic E-state index is -0.314. The summed E-state index contributed by atoms with van der Waals surface area (Å²) in [5, 5.41) is 0. The van der Waals surface area contributed by atoms with Crippen molar-refractivity contribution in [3.8, 4) is 5.82 Å². The number of rotatable bonds is 3. The van der Waals surface area contributed by atoms with Gasteiger partial charge in [0.25, 0.3) is 5.91 Å². The predicted molar refractivity (Wildman–Crippen MR) is 107 cm³/mol. The zero-order valence-corrected chi connectivity index (χ0v) is 15.8. The summed E-state index contributed by atoms with van der Waals surface area (Å²) in [6.45, 7) is 7.77. The molecule has 0 unspecified atom stereocenters. The number of aromatic nitrogens is 2. The molecule has 6 heteroatoms. The lowest BCUT2D eigenvalue weighted by molar-refractivity contribution is 0.0749. The van der Waals surface area contributed by atoms with Crippen LogP contribution < -0.4 is 4.90 Å². The summed E-state index contributed by atoms with van der Waals surface area (Å²) in [5.41, 5.74) is 1.91. The fourth-order valence-electron chi connectivity index (χ4n) is 4.60. The minimum absolute atomic E-state index is 0.0568. The van der Waals surface area contributed by atoms with Gasteiger partial charge in [-0.1, -0.05) is 6.08 Å². The summed E-state index contributed by atoms with van der Waals surface area (Å²) < 4.78 is 7.74. The Morgan fingerprint density at radius 2 is 2.21 bits per heavy atom. The van der Waals surface area contributed by atoms with Crippen molar-refractivity contribution in [3.05, 3.63) is 78.7 Å². The predicted octanol–water partition coefficient (Wildman–Crippen LogP) is 3.52. The van der Waals surface area contributed by atoms with E-state index >= 15 is 0 Å². The molecule has 1 atom stereocenters. The Morgan fingerprint density at radius 3 is 3.00 bits per heavy atom. The van der Waals surface area contributed by atoms with E-state index in [1.807, 2.05) is 42.3 Å². The quantitative estimate of drug-likeness (QED) is 0.658. The maximum Gasteiger partial charge on any atom is 0.289 e. The van der Waals surface area contributed by atoms with Gasteiger partial charge in [0.1, 0.15) is 11.3 Å². The third kappa shape index (κ3) is 2.27. The first kappa shape index (κ1) is 16.9. The number of carbonyl (C=O) groups excluding carboxylic acids is 1. The average molecular weight is 374 g/mol. The Hall–Kier alpha value is -3.28. The van der Waals surface area contributed by atoms with E-state index in [1.165, 1.54) is 0 Å². The second-order valence-corrected chi connectivity index (χ2v) is 7.43. The van der Waals surface area contributed by atoms with Crippen molar-refractivity contribution >= 4 is 11.6 Å². The van der Waals surface area contributed by atoms with Crippen molar-refractivity contribution in [2.75, 3.05) is 24.5 Å². The number of amides is 1. The molecule has 0 aromatic carbocycles. The zero-order valence-electron chi connectivity index (χ0n) is 15.8. The molecular weight excluding hydrogens is 352 g/mol. The molecule has 5 heterocycles. The maximum absolute atomic E-state index is 13.0. The normalized spacial score (nSPS) is 20.3. The minimum Gasteiger partial charge on any atom is -0.456 e. The summed E-state index contributed by atoms with van der Waals surface area (Å²) in [6.07, 6.45) is 6.62. The molecule has 3 aromatic heterocycles. The van der Waals surface area contributed by atoms with Crippen LogP contribution >= 0.6 is 0 Å². The topological polar surface area (TPSA) is 54.5 Å². The van der Waals surface area contributed by atoms with Crippen molar-refractivity contribution in [1.29, 1.82) is 0 Å². The molecule has 0 aliphatic carbocycles. The summed E-state index contributed by atoms with van der Waals surface area (Å²) in [6, 6.07) is 11.8. The second kappa shape index (κ2) is 6.12. The van der Waals surface area contributed by atoms with E-state index in [-0.39, 0.29) is 11.4 Å². The molecule has 0 N–H and O–H groups in total. The number of pyridine rings is 1. The molecule has 28 heavy (non-hydrogen) atoms. The highest BCUT2D eigenvalue weighted by Gasteiger charge is 2.50. The monoisotopic (exact) mass is 374 g/mol. The molecule has 3 aromatic rings. The van der Waals surface area contributed by atoms with Crippen molar-refractivity contribution in [1.82, 2.24) is 14.5 Å². The highest BCUT2D eigenvalue weighted by atomic mass is 16.3. The van der Waals surface area contributed by atoms with E-state index in [0.717, 1.165) is 29.4 Å². The third-order valence-corrected chi connectivity index (χ3v) is 5.83.